The van der Waals surface area contributed by atoms with Crippen molar-refractivity contribution in [2.75, 3.05) is 31.6 Å². The molecule has 1 aromatic heterocycles. The number of aliphatic hydroxyl groups is 1. The maximum Gasteiger partial charge on any atom is 0.226 e. The SMILES string of the molecule is N#Cc1cc(-c2ncnc(NC3C=NC(N4CC(O)C4)=CC3)n2)ccc1OC1CCOCC1. The number of hydrogen-bond acceptors (Lipinski definition) is 10. The van der Waals surface area contributed by atoms with Crippen molar-refractivity contribution in [3.63, 3.8) is 0 Å². The summed E-state index contributed by atoms with van der Waals surface area (Å²) in [6, 6.07) is 7.57. The van der Waals surface area contributed by atoms with Crippen LogP contribution in [0.15, 0.2) is 41.4 Å². The third-order valence-electron chi connectivity index (χ3n) is 5.83. The first-order chi connectivity index (χ1) is 16.2. The molecule has 10 nitrogen and oxygen atoms in total. The Bertz CT molecular complexity index is 1100. The van der Waals surface area contributed by atoms with Crippen molar-refractivity contribution in [3.8, 4) is 23.2 Å². The Labute approximate surface area is 191 Å². The second-order valence-electron chi connectivity index (χ2n) is 8.27. The Morgan fingerprint density at radius 2 is 2.06 bits per heavy atom. The molecule has 2 fully saturated rings. The quantitative estimate of drug-likeness (QED) is 0.680. The minimum atomic E-state index is -0.260. The van der Waals surface area contributed by atoms with Crippen LogP contribution in [0.3, 0.4) is 0 Å². The number of nitriles is 1. The van der Waals surface area contributed by atoms with E-state index in [1.165, 1.54) is 6.33 Å². The number of nitrogens with zero attached hydrogens (tertiary/aromatic N) is 6. The molecule has 3 aliphatic rings. The first-order valence-corrected chi connectivity index (χ1v) is 11.1. The van der Waals surface area contributed by atoms with E-state index in [9.17, 15) is 10.4 Å². The predicted molar refractivity (Wildman–Crippen MR) is 121 cm³/mol. The van der Waals surface area contributed by atoms with E-state index in [1.807, 2.05) is 23.3 Å². The highest BCUT2D eigenvalue weighted by atomic mass is 16.5. The lowest BCUT2D eigenvalue weighted by Gasteiger charge is -2.38. The largest absolute Gasteiger partial charge is 0.489 e. The molecular weight excluding hydrogens is 422 g/mol. The zero-order valence-electron chi connectivity index (χ0n) is 18.1. The van der Waals surface area contributed by atoms with E-state index in [-0.39, 0.29) is 18.2 Å². The van der Waals surface area contributed by atoms with E-state index in [2.05, 4.69) is 31.3 Å². The molecule has 1 atom stereocenters. The van der Waals surface area contributed by atoms with Gasteiger partial charge in [-0.2, -0.15) is 10.2 Å². The lowest BCUT2D eigenvalue weighted by molar-refractivity contribution is 0.0236. The summed E-state index contributed by atoms with van der Waals surface area (Å²) >= 11 is 0. The minimum Gasteiger partial charge on any atom is -0.489 e. The van der Waals surface area contributed by atoms with Crippen LogP contribution < -0.4 is 10.1 Å². The third kappa shape index (κ3) is 4.94. The van der Waals surface area contributed by atoms with Crippen LogP contribution in [0.4, 0.5) is 5.95 Å². The Kier molecular flexibility index (Phi) is 6.15. The third-order valence-corrected chi connectivity index (χ3v) is 5.83. The lowest BCUT2D eigenvalue weighted by Crippen LogP contribution is -2.49. The van der Waals surface area contributed by atoms with Crippen LogP contribution >= 0.6 is 0 Å². The summed E-state index contributed by atoms with van der Waals surface area (Å²) in [6.07, 6.45) is 7.50. The van der Waals surface area contributed by atoms with Crippen LogP contribution in [0.5, 0.6) is 5.75 Å². The Morgan fingerprint density at radius 1 is 1.21 bits per heavy atom. The van der Waals surface area contributed by atoms with Gasteiger partial charge in [0.2, 0.25) is 5.95 Å². The zero-order chi connectivity index (χ0) is 22.6. The molecule has 2 saturated heterocycles. The predicted octanol–water partition coefficient (Wildman–Crippen LogP) is 1.74. The summed E-state index contributed by atoms with van der Waals surface area (Å²) < 4.78 is 11.4. The number of ether oxygens (including phenoxy) is 2. The molecule has 0 amide bonds. The molecule has 1 unspecified atom stereocenters. The van der Waals surface area contributed by atoms with Gasteiger partial charge >= 0.3 is 0 Å². The van der Waals surface area contributed by atoms with Crippen molar-refractivity contribution in [2.45, 2.75) is 37.5 Å². The summed E-state index contributed by atoms with van der Waals surface area (Å²) in [5, 5.41) is 22.3. The summed E-state index contributed by atoms with van der Waals surface area (Å²) in [5.74, 6) is 2.37. The number of aliphatic imine (C=N–C) groups is 1. The number of rotatable bonds is 6. The average Bonchev–Trinajstić information content (AvgIpc) is 2.84. The van der Waals surface area contributed by atoms with Gasteiger partial charge in [-0.1, -0.05) is 0 Å². The number of aromatic nitrogens is 3. The van der Waals surface area contributed by atoms with Crippen molar-refractivity contribution in [3.05, 3.63) is 42.0 Å². The molecule has 3 aliphatic heterocycles. The van der Waals surface area contributed by atoms with E-state index < -0.39 is 0 Å². The Balaban J connectivity index is 1.25. The van der Waals surface area contributed by atoms with Crippen molar-refractivity contribution in [1.82, 2.24) is 19.9 Å². The zero-order valence-corrected chi connectivity index (χ0v) is 18.1. The van der Waals surface area contributed by atoms with Crippen LogP contribution in [0.1, 0.15) is 24.8 Å². The molecule has 2 N–H and O–H groups in total. The van der Waals surface area contributed by atoms with Gasteiger partial charge < -0.3 is 24.8 Å². The molecule has 0 bridgehead atoms. The van der Waals surface area contributed by atoms with Gasteiger partial charge in [-0.15, -0.1) is 0 Å². The van der Waals surface area contributed by atoms with Crippen molar-refractivity contribution in [1.29, 1.82) is 5.26 Å². The molecule has 33 heavy (non-hydrogen) atoms. The number of benzene rings is 1. The summed E-state index contributed by atoms with van der Waals surface area (Å²) in [4.78, 5) is 19.6. The van der Waals surface area contributed by atoms with Crippen LogP contribution in [-0.4, -0.2) is 75.7 Å². The van der Waals surface area contributed by atoms with Gasteiger partial charge in [0.25, 0.3) is 0 Å². The fourth-order valence-corrected chi connectivity index (χ4v) is 3.96. The summed E-state index contributed by atoms with van der Waals surface area (Å²) in [7, 11) is 0. The van der Waals surface area contributed by atoms with E-state index in [0.717, 1.165) is 25.1 Å². The van der Waals surface area contributed by atoms with E-state index in [1.54, 1.807) is 12.1 Å². The van der Waals surface area contributed by atoms with Gasteiger partial charge in [-0.3, -0.25) is 0 Å². The van der Waals surface area contributed by atoms with Gasteiger partial charge in [-0.05, 0) is 30.7 Å². The highest BCUT2D eigenvalue weighted by molar-refractivity contribution is 5.71. The monoisotopic (exact) mass is 447 g/mol. The fraction of sp³-hybridized carbons (Fsp3) is 0.435. The van der Waals surface area contributed by atoms with E-state index >= 15 is 0 Å². The average molecular weight is 447 g/mol. The second-order valence-corrected chi connectivity index (χ2v) is 8.27. The maximum atomic E-state index is 9.63. The minimum absolute atomic E-state index is 0.0416. The molecule has 10 heteroatoms. The summed E-state index contributed by atoms with van der Waals surface area (Å²) in [6.45, 7) is 2.61. The van der Waals surface area contributed by atoms with E-state index in [4.69, 9.17) is 9.47 Å². The van der Waals surface area contributed by atoms with Crippen molar-refractivity contribution in [2.24, 2.45) is 4.99 Å². The standard InChI is InChI=1S/C23H25N7O3/c24-10-16-9-15(1-3-20(16)33-19-5-7-32-8-6-19)22-26-14-27-23(29-22)28-17-2-4-21(25-11-17)30-12-18(31)13-30/h1,3-4,9,11,14,17-19,31H,2,5-8,12-13H2,(H,26,27,28,29). The molecule has 0 spiro atoms. The van der Waals surface area contributed by atoms with Crippen molar-refractivity contribution >= 4 is 12.2 Å². The number of aliphatic hydroxyl groups excluding tert-OH is 1. The first-order valence-electron chi connectivity index (χ1n) is 11.1. The van der Waals surface area contributed by atoms with Crippen LogP contribution in [0.25, 0.3) is 11.4 Å². The molecule has 170 valence electrons. The molecule has 4 heterocycles. The highest BCUT2D eigenvalue weighted by Gasteiger charge is 2.27. The second kappa shape index (κ2) is 9.52. The number of nitrogens with one attached hydrogen (secondary N) is 1. The highest BCUT2D eigenvalue weighted by Crippen LogP contribution is 2.27. The number of β-amino-alcohol motifs (C(OH)–C–C–N with tert-alkyl or cyclic N) is 1. The first kappa shape index (κ1) is 21.3. The lowest BCUT2D eigenvalue weighted by atomic mass is 10.1. The van der Waals surface area contributed by atoms with Gasteiger partial charge in [0.1, 0.15) is 30.1 Å². The van der Waals surface area contributed by atoms with E-state index in [0.29, 0.717) is 55.0 Å². The maximum absolute atomic E-state index is 9.63. The van der Waals surface area contributed by atoms with Gasteiger partial charge in [0, 0.05) is 37.7 Å². The fourth-order valence-electron chi connectivity index (χ4n) is 3.96. The molecule has 2 aromatic rings. The molecule has 5 rings (SSSR count). The van der Waals surface area contributed by atoms with Crippen LogP contribution in [-0.2, 0) is 4.74 Å². The van der Waals surface area contributed by atoms with Crippen LogP contribution in [0, 0.1) is 11.3 Å². The molecule has 0 radical (unpaired) electrons. The topological polar surface area (TPSA) is 129 Å². The normalized spacial score (nSPS) is 21.2. The molecule has 0 saturated carbocycles. The number of hydrogen-bond donors (Lipinski definition) is 2. The number of likely N-dealkylation sites (tertiary alicyclic amines) is 1. The molecular formula is C23H25N7O3. The smallest absolute Gasteiger partial charge is 0.226 e. The number of anilines is 1. The Hall–Kier alpha value is -3.55. The van der Waals surface area contributed by atoms with Gasteiger partial charge in [-0.25, -0.2) is 15.0 Å². The van der Waals surface area contributed by atoms with Crippen LogP contribution in [0.2, 0.25) is 0 Å². The van der Waals surface area contributed by atoms with Gasteiger partial charge in [0.05, 0.1) is 30.9 Å². The van der Waals surface area contributed by atoms with Crippen molar-refractivity contribution < 1.29 is 14.6 Å². The molecule has 1 aromatic carbocycles. The summed E-state index contributed by atoms with van der Waals surface area (Å²) in [5.41, 5.74) is 1.16. The van der Waals surface area contributed by atoms with Gasteiger partial charge in [0.15, 0.2) is 5.82 Å². The Morgan fingerprint density at radius 3 is 2.79 bits per heavy atom. The molecule has 0 aliphatic carbocycles.